The monoisotopic (exact) mass is 468 g/mol. The third-order valence-electron chi connectivity index (χ3n) is 7.24. The molecule has 1 atom stereocenters. The minimum absolute atomic E-state index is 0.251. The number of aromatic hydroxyl groups is 1. The van der Waals surface area contributed by atoms with Crippen molar-refractivity contribution in [3.05, 3.63) is 114 Å². The molecule has 172 valence electrons. The maximum Gasteiger partial charge on any atom is 0.287 e. The lowest BCUT2D eigenvalue weighted by molar-refractivity contribution is 0.456. The highest BCUT2D eigenvalue weighted by Crippen LogP contribution is 2.66. The van der Waals surface area contributed by atoms with Crippen LogP contribution in [-0.2, 0) is 15.1 Å². The molecular formula is C30H29O3P. The van der Waals surface area contributed by atoms with Gasteiger partial charge in [0.15, 0.2) is 0 Å². The third kappa shape index (κ3) is 3.38. The molecule has 4 heteroatoms. The van der Waals surface area contributed by atoms with E-state index in [1.54, 1.807) is 12.1 Å². The van der Waals surface area contributed by atoms with Crippen LogP contribution in [0.2, 0.25) is 0 Å². The Morgan fingerprint density at radius 3 is 2.03 bits per heavy atom. The number of rotatable bonds is 4. The fraction of sp³-hybridized carbons (Fsp3) is 0.200. The highest BCUT2D eigenvalue weighted by Gasteiger charge is 2.49. The Kier molecular flexibility index (Phi) is 5.22. The maximum atomic E-state index is 14.9. The van der Waals surface area contributed by atoms with Crippen LogP contribution < -0.4 is 9.83 Å². The van der Waals surface area contributed by atoms with Crippen LogP contribution >= 0.6 is 7.37 Å². The van der Waals surface area contributed by atoms with Crippen molar-refractivity contribution in [2.45, 2.75) is 38.3 Å². The van der Waals surface area contributed by atoms with E-state index in [-0.39, 0.29) is 11.2 Å². The molecule has 0 aliphatic carbocycles. The number of benzene rings is 4. The standard InChI is InChI=1S/C30H29O3P/c1-29(2,21-16-18-24(31)19-17-21)22-10-9-11-23(20-22)30(3,4)34(32)28-15-8-6-13-26(28)25-12-5-7-14-27(25)33-34/h5-20,31H,1-4H3. The van der Waals surface area contributed by atoms with Crippen LogP contribution in [-0.4, -0.2) is 5.11 Å². The van der Waals surface area contributed by atoms with Crippen molar-refractivity contribution in [1.29, 1.82) is 0 Å². The predicted molar refractivity (Wildman–Crippen MR) is 139 cm³/mol. The van der Waals surface area contributed by atoms with Crippen LogP contribution in [0.1, 0.15) is 44.4 Å². The molecule has 5 rings (SSSR count). The van der Waals surface area contributed by atoms with E-state index in [1.807, 2.05) is 86.6 Å². The minimum Gasteiger partial charge on any atom is -0.508 e. The highest BCUT2D eigenvalue weighted by atomic mass is 31.2. The first kappa shape index (κ1) is 22.5. The molecule has 0 radical (unpaired) electrons. The van der Waals surface area contributed by atoms with Gasteiger partial charge in [0.25, 0.3) is 7.37 Å². The van der Waals surface area contributed by atoms with Crippen LogP contribution in [0.4, 0.5) is 0 Å². The van der Waals surface area contributed by atoms with Gasteiger partial charge < -0.3 is 9.63 Å². The Balaban J connectivity index is 1.63. The third-order valence-corrected chi connectivity index (χ3v) is 10.4. The normalized spacial score (nSPS) is 17.4. The highest BCUT2D eigenvalue weighted by molar-refractivity contribution is 7.68. The van der Waals surface area contributed by atoms with Crippen molar-refractivity contribution in [3.8, 4) is 22.6 Å². The first-order chi connectivity index (χ1) is 16.1. The Hall–Kier alpha value is -3.29. The summed E-state index contributed by atoms with van der Waals surface area (Å²) in [5.41, 5.74) is 4.83. The molecule has 0 bridgehead atoms. The zero-order chi connectivity index (χ0) is 24.1. The molecule has 0 amide bonds. The molecule has 4 aromatic carbocycles. The summed E-state index contributed by atoms with van der Waals surface area (Å²) in [5, 5.41) is 9.72. The first-order valence-corrected chi connectivity index (χ1v) is 13.2. The first-order valence-electron chi connectivity index (χ1n) is 11.5. The van der Waals surface area contributed by atoms with Gasteiger partial charge in [-0.2, -0.15) is 0 Å². The van der Waals surface area contributed by atoms with Gasteiger partial charge in [0, 0.05) is 11.0 Å². The van der Waals surface area contributed by atoms with Crippen molar-refractivity contribution in [2.24, 2.45) is 0 Å². The number of hydrogen-bond acceptors (Lipinski definition) is 3. The Labute approximate surface area is 201 Å². The van der Waals surface area contributed by atoms with Gasteiger partial charge in [-0.3, -0.25) is 4.57 Å². The summed E-state index contributed by atoms with van der Waals surface area (Å²) in [7, 11) is -3.34. The second-order valence-electron chi connectivity index (χ2n) is 9.97. The second kappa shape index (κ2) is 7.89. The van der Waals surface area contributed by atoms with Gasteiger partial charge in [0.2, 0.25) is 0 Å². The van der Waals surface area contributed by atoms with Crippen LogP contribution in [0.25, 0.3) is 11.1 Å². The lowest BCUT2D eigenvalue weighted by Crippen LogP contribution is -2.31. The lowest BCUT2D eigenvalue weighted by atomic mass is 9.77. The van der Waals surface area contributed by atoms with Gasteiger partial charge in [-0.15, -0.1) is 0 Å². The van der Waals surface area contributed by atoms with E-state index < -0.39 is 12.5 Å². The van der Waals surface area contributed by atoms with Gasteiger partial charge in [0.1, 0.15) is 11.5 Å². The SMILES string of the molecule is CC(C)(c1ccc(O)cc1)c1cccc(C(C)(C)P2(=O)Oc3ccccc3-c3ccccc32)c1. The van der Waals surface area contributed by atoms with Gasteiger partial charge in [0.05, 0.1) is 10.5 Å². The summed E-state index contributed by atoms with van der Waals surface area (Å²) < 4.78 is 21.3. The van der Waals surface area contributed by atoms with E-state index in [0.29, 0.717) is 5.75 Å². The molecule has 0 fully saturated rings. The molecule has 1 N–H and O–H groups in total. The van der Waals surface area contributed by atoms with Crippen molar-refractivity contribution in [3.63, 3.8) is 0 Å². The fourth-order valence-corrected chi connectivity index (χ4v) is 7.47. The van der Waals surface area contributed by atoms with E-state index in [1.165, 1.54) is 0 Å². The quantitative estimate of drug-likeness (QED) is 0.314. The Morgan fingerprint density at radius 1 is 0.676 bits per heavy atom. The molecule has 1 aliphatic heterocycles. The number of phenols is 1. The fourth-order valence-electron chi connectivity index (χ4n) is 4.83. The van der Waals surface area contributed by atoms with Gasteiger partial charge in [-0.25, -0.2) is 0 Å². The summed E-state index contributed by atoms with van der Waals surface area (Å²) in [6.45, 7) is 8.36. The van der Waals surface area contributed by atoms with Gasteiger partial charge in [-0.1, -0.05) is 86.6 Å². The predicted octanol–water partition coefficient (Wildman–Crippen LogP) is 7.62. The van der Waals surface area contributed by atoms with Crippen LogP contribution in [0.3, 0.4) is 0 Å². The Morgan fingerprint density at radius 2 is 1.29 bits per heavy atom. The molecular weight excluding hydrogens is 439 g/mol. The molecule has 1 heterocycles. The molecule has 0 aromatic heterocycles. The van der Waals surface area contributed by atoms with E-state index in [0.717, 1.165) is 33.1 Å². The number of hydrogen-bond donors (Lipinski definition) is 1. The minimum atomic E-state index is -3.34. The molecule has 34 heavy (non-hydrogen) atoms. The summed E-state index contributed by atoms with van der Waals surface area (Å²) in [4.78, 5) is 0. The number of para-hydroxylation sites is 1. The summed E-state index contributed by atoms with van der Waals surface area (Å²) in [6.07, 6.45) is 0. The molecule has 1 aliphatic rings. The van der Waals surface area contributed by atoms with Crippen LogP contribution in [0, 0.1) is 0 Å². The second-order valence-corrected chi connectivity index (χ2v) is 12.9. The Bertz CT molecular complexity index is 1420. The van der Waals surface area contributed by atoms with Gasteiger partial charge >= 0.3 is 0 Å². The molecule has 3 nitrogen and oxygen atoms in total. The summed E-state index contributed by atoms with van der Waals surface area (Å²) in [6, 6.07) is 31.4. The number of fused-ring (bicyclic) bond motifs is 3. The van der Waals surface area contributed by atoms with Crippen molar-refractivity contribution >= 4 is 12.7 Å². The smallest absolute Gasteiger partial charge is 0.287 e. The van der Waals surface area contributed by atoms with Crippen LogP contribution in [0.5, 0.6) is 11.5 Å². The molecule has 1 unspecified atom stereocenters. The largest absolute Gasteiger partial charge is 0.508 e. The van der Waals surface area contributed by atoms with E-state index >= 15 is 0 Å². The molecule has 0 spiro atoms. The molecule has 0 saturated heterocycles. The van der Waals surface area contributed by atoms with Crippen molar-refractivity contribution in [2.75, 3.05) is 0 Å². The zero-order valence-electron chi connectivity index (χ0n) is 19.9. The average molecular weight is 469 g/mol. The summed E-state index contributed by atoms with van der Waals surface area (Å²) in [5.74, 6) is 0.916. The topological polar surface area (TPSA) is 46.5 Å². The average Bonchev–Trinajstić information content (AvgIpc) is 2.84. The van der Waals surface area contributed by atoms with Crippen LogP contribution in [0.15, 0.2) is 97.1 Å². The van der Waals surface area contributed by atoms with E-state index in [9.17, 15) is 9.67 Å². The molecule has 0 saturated carbocycles. The lowest BCUT2D eigenvalue weighted by Gasteiger charge is -2.39. The maximum absolute atomic E-state index is 14.9. The zero-order valence-corrected chi connectivity index (χ0v) is 20.8. The molecule has 4 aromatic rings. The van der Waals surface area contributed by atoms with E-state index in [4.69, 9.17) is 4.52 Å². The number of phenolic OH excluding ortho intramolecular Hbond substituents is 1. The van der Waals surface area contributed by atoms with Crippen molar-refractivity contribution in [1.82, 2.24) is 0 Å². The summed E-state index contributed by atoms with van der Waals surface area (Å²) >= 11 is 0. The van der Waals surface area contributed by atoms with Gasteiger partial charge in [-0.05, 0) is 60.4 Å². The van der Waals surface area contributed by atoms with Crippen molar-refractivity contribution < 1.29 is 14.2 Å². The van der Waals surface area contributed by atoms with E-state index in [2.05, 4.69) is 26.0 Å².